The van der Waals surface area contributed by atoms with Crippen LogP contribution in [0.1, 0.15) is 37.7 Å². The Labute approximate surface area is 113 Å². The molecular weight excluding hydrogens is 250 g/mol. The topological polar surface area (TPSA) is 55.5 Å². The summed E-state index contributed by atoms with van der Waals surface area (Å²) >= 11 is 6.01. The van der Waals surface area contributed by atoms with E-state index in [0.717, 1.165) is 31.2 Å². The van der Waals surface area contributed by atoms with Gasteiger partial charge in [0.25, 0.3) is 0 Å². The lowest BCUT2D eigenvalue weighted by Gasteiger charge is -2.37. The second-order valence-electron chi connectivity index (χ2n) is 5.05. The fourth-order valence-electron chi connectivity index (χ4n) is 2.94. The van der Waals surface area contributed by atoms with E-state index in [1.54, 1.807) is 13.2 Å². The van der Waals surface area contributed by atoms with Gasteiger partial charge >= 0.3 is 0 Å². The van der Waals surface area contributed by atoms with E-state index in [1.165, 1.54) is 6.42 Å². The molecule has 0 spiro atoms. The Bertz CT molecular complexity index is 428. The molecule has 0 atom stereocenters. The number of phenolic OH excluding ortho intramolecular Hbond substituents is 1. The van der Waals surface area contributed by atoms with Gasteiger partial charge in [0.15, 0.2) is 0 Å². The minimum atomic E-state index is -0.125. The summed E-state index contributed by atoms with van der Waals surface area (Å²) in [5.41, 5.74) is 6.74. The van der Waals surface area contributed by atoms with E-state index >= 15 is 0 Å². The number of methoxy groups -OCH3 is 1. The van der Waals surface area contributed by atoms with Crippen molar-refractivity contribution in [1.29, 1.82) is 0 Å². The van der Waals surface area contributed by atoms with Crippen molar-refractivity contribution in [3.63, 3.8) is 0 Å². The van der Waals surface area contributed by atoms with E-state index in [-0.39, 0.29) is 11.2 Å². The van der Waals surface area contributed by atoms with E-state index < -0.39 is 0 Å². The van der Waals surface area contributed by atoms with Crippen molar-refractivity contribution >= 4 is 11.6 Å². The van der Waals surface area contributed by atoms with E-state index in [4.69, 9.17) is 22.1 Å². The van der Waals surface area contributed by atoms with Crippen molar-refractivity contribution in [2.45, 2.75) is 37.5 Å². The Morgan fingerprint density at radius 3 is 2.56 bits per heavy atom. The first-order valence-corrected chi connectivity index (χ1v) is 6.78. The smallest absolute Gasteiger partial charge is 0.138 e. The number of aromatic hydroxyl groups is 1. The van der Waals surface area contributed by atoms with Crippen LogP contribution in [-0.2, 0) is 5.41 Å². The van der Waals surface area contributed by atoms with Gasteiger partial charge in [-0.2, -0.15) is 0 Å². The summed E-state index contributed by atoms with van der Waals surface area (Å²) in [6.07, 6.45) is 5.58. The Hall–Kier alpha value is -0.930. The van der Waals surface area contributed by atoms with Gasteiger partial charge in [0.1, 0.15) is 11.5 Å². The number of benzene rings is 1. The van der Waals surface area contributed by atoms with Crippen LogP contribution in [0.15, 0.2) is 12.1 Å². The molecule has 100 valence electrons. The summed E-state index contributed by atoms with van der Waals surface area (Å²) in [5, 5.41) is 10.6. The van der Waals surface area contributed by atoms with E-state index in [1.807, 2.05) is 6.07 Å². The van der Waals surface area contributed by atoms with Crippen molar-refractivity contribution in [2.24, 2.45) is 5.73 Å². The van der Waals surface area contributed by atoms with Crippen molar-refractivity contribution < 1.29 is 9.84 Å². The molecule has 0 radical (unpaired) electrons. The predicted octanol–water partition coefficient (Wildman–Crippen LogP) is 3.21. The summed E-state index contributed by atoms with van der Waals surface area (Å²) in [6, 6.07) is 3.40. The molecule has 3 N–H and O–H groups in total. The standard InChI is InChI=1S/C14H20ClNO2/c1-18-13-7-10(12(17)8-11(13)15)14(9-16)5-3-2-4-6-14/h7-8,17H,2-6,9,16H2,1H3. The second-order valence-corrected chi connectivity index (χ2v) is 5.46. The Kier molecular flexibility index (Phi) is 4.03. The first-order valence-electron chi connectivity index (χ1n) is 6.40. The summed E-state index contributed by atoms with van der Waals surface area (Å²) < 4.78 is 5.24. The molecule has 1 aliphatic rings. The molecule has 0 aliphatic heterocycles. The summed E-state index contributed by atoms with van der Waals surface area (Å²) in [5.74, 6) is 0.830. The van der Waals surface area contributed by atoms with Gasteiger partial charge in [-0.25, -0.2) is 0 Å². The monoisotopic (exact) mass is 269 g/mol. The SMILES string of the molecule is COc1cc(C2(CN)CCCCC2)c(O)cc1Cl. The molecule has 3 nitrogen and oxygen atoms in total. The molecule has 1 saturated carbocycles. The molecule has 1 aromatic carbocycles. The number of ether oxygens (including phenoxy) is 1. The fraction of sp³-hybridized carbons (Fsp3) is 0.571. The quantitative estimate of drug-likeness (QED) is 0.886. The molecule has 0 heterocycles. The maximum atomic E-state index is 10.2. The first-order chi connectivity index (χ1) is 8.63. The molecule has 2 rings (SSSR count). The molecule has 1 aliphatic carbocycles. The highest BCUT2D eigenvalue weighted by molar-refractivity contribution is 6.32. The van der Waals surface area contributed by atoms with Crippen molar-refractivity contribution in [3.8, 4) is 11.5 Å². The molecule has 0 unspecified atom stereocenters. The number of halogens is 1. The maximum absolute atomic E-state index is 10.2. The van der Waals surface area contributed by atoms with Crippen LogP contribution >= 0.6 is 11.6 Å². The average molecular weight is 270 g/mol. The lowest BCUT2D eigenvalue weighted by molar-refractivity contribution is 0.289. The number of phenols is 1. The van der Waals surface area contributed by atoms with Gasteiger partial charge < -0.3 is 15.6 Å². The zero-order valence-electron chi connectivity index (χ0n) is 10.7. The van der Waals surface area contributed by atoms with Crippen LogP contribution in [-0.4, -0.2) is 18.8 Å². The number of hydrogen-bond donors (Lipinski definition) is 2. The normalized spacial score (nSPS) is 18.6. The third-order valence-electron chi connectivity index (χ3n) is 4.04. The first kappa shape index (κ1) is 13.5. The Balaban J connectivity index is 2.47. The summed E-state index contributed by atoms with van der Waals surface area (Å²) in [4.78, 5) is 0. The van der Waals surface area contributed by atoms with E-state index in [0.29, 0.717) is 17.3 Å². The molecule has 0 bridgehead atoms. The number of rotatable bonds is 3. The average Bonchev–Trinajstić information content (AvgIpc) is 2.39. The lowest BCUT2D eigenvalue weighted by Crippen LogP contribution is -2.37. The zero-order valence-corrected chi connectivity index (χ0v) is 11.5. The molecule has 18 heavy (non-hydrogen) atoms. The fourth-order valence-corrected chi connectivity index (χ4v) is 3.17. The van der Waals surface area contributed by atoms with Gasteiger partial charge in [0, 0.05) is 23.6 Å². The van der Waals surface area contributed by atoms with E-state index in [9.17, 15) is 5.11 Å². The molecule has 1 aromatic rings. The lowest BCUT2D eigenvalue weighted by atomic mass is 9.69. The van der Waals surface area contributed by atoms with Gasteiger partial charge in [-0.05, 0) is 18.9 Å². The largest absolute Gasteiger partial charge is 0.508 e. The maximum Gasteiger partial charge on any atom is 0.138 e. The minimum Gasteiger partial charge on any atom is -0.508 e. The van der Waals surface area contributed by atoms with Crippen LogP contribution in [0.2, 0.25) is 5.02 Å². The molecule has 4 heteroatoms. The highest BCUT2D eigenvalue weighted by atomic mass is 35.5. The molecular formula is C14H20ClNO2. The Morgan fingerprint density at radius 2 is 2.00 bits per heavy atom. The van der Waals surface area contributed by atoms with Gasteiger partial charge in [0.2, 0.25) is 0 Å². The van der Waals surface area contributed by atoms with Gasteiger partial charge in [0.05, 0.1) is 12.1 Å². The van der Waals surface area contributed by atoms with Crippen LogP contribution in [0.25, 0.3) is 0 Å². The molecule has 0 saturated heterocycles. The molecule has 0 aromatic heterocycles. The van der Waals surface area contributed by atoms with Crippen LogP contribution in [0.3, 0.4) is 0 Å². The third kappa shape index (κ3) is 2.29. The Morgan fingerprint density at radius 1 is 1.33 bits per heavy atom. The van der Waals surface area contributed by atoms with Crippen LogP contribution < -0.4 is 10.5 Å². The summed E-state index contributed by atoms with van der Waals surface area (Å²) in [6.45, 7) is 0.547. The third-order valence-corrected chi connectivity index (χ3v) is 4.34. The molecule has 0 amide bonds. The minimum absolute atomic E-state index is 0.125. The van der Waals surface area contributed by atoms with Gasteiger partial charge in [-0.1, -0.05) is 30.9 Å². The predicted molar refractivity (Wildman–Crippen MR) is 73.5 cm³/mol. The van der Waals surface area contributed by atoms with Crippen LogP contribution in [0.4, 0.5) is 0 Å². The number of nitrogens with two attached hydrogens (primary N) is 1. The van der Waals surface area contributed by atoms with Crippen molar-refractivity contribution in [2.75, 3.05) is 13.7 Å². The van der Waals surface area contributed by atoms with Crippen molar-refractivity contribution in [1.82, 2.24) is 0 Å². The highest BCUT2D eigenvalue weighted by Gasteiger charge is 2.35. The van der Waals surface area contributed by atoms with Gasteiger partial charge in [-0.3, -0.25) is 0 Å². The van der Waals surface area contributed by atoms with E-state index in [2.05, 4.69) is 0 Å². The van der Waals surface area contributed by atoms with Crippen molar-refractivity contribution in [3.05, 3.63) is 22.7 Å². The second kappa shape index (κ2) is 5.37. The highest BCUT2D eigenvalue weighted by Crippen LogP contribution is 2.45. The molecule has 1 fully saturated rings. The van der Waals surface area contributed by atoms with Crippen LogP contribution in [0.5, 0.6) is 11.5 Å². The number of hydrogen-bond acceptors (Lipinski definition) is 3. The van der Waals surface area contributed by atoms with Gasteiger partial charge in [-0.15, -0.1) is 0 Å². The summed E-state index contributed by atoms with van der Waals surface area (Å²) in [7, 11) is 1.58. The zero-order chi connectivity index (χ0) is 13.2. The van der Waals surface area contributed by atoms with Crippen LogP contribution in [0, 0.1) is 0 Å².